The van der Waals surface area contributed by atoms with Crippen LogP contribution in [-0.2, 0) is 60.8 Å². The zero-order chi connectivity index (χ0) is 46.8. The maximum absolute atomic E-state index is 13.5. The molecule has 0 bridgehead atoms. The van der Waals surface area contributed by atoms with Gasteiger partial charge in [0.2, 0.25) is 41.4 Å². The molecule has 0 aliphatic carbocycles. The van der Waals surface area contributed by atoms with Crippen molar-refractivity contribution < 1.29 is 63.3 Å². The van der Waals surface area contributed by atoms with E-state index in [-0.39, 0.29) is 25.2 Å². The maximum Gasteiger partial charge on any atom is 0.326 e. The minimum atomic E-state index is -1.80. The molecular weight excluding hydrogens is 830 g/mol. The number of fused-ring (bicyclic) bond motifs is 1. The first-order chi connectivity index (χ1) is 29.7. The Balaban J connectivity index is 1.56. The van der Waals surface area contributed by atoms with Crippen molar-refractivity contribution in [3.63, 3.8) is 0 Å². The summed E-state index contributed by atoms with van der Waals surface area (Å²) < 4.78 is 0. The van der Waals surface area contributed by atoms with Crippen molar-refractivity contribution in [2.24, 2.45) is 11.7 Å². The molecule has 0 aliphatic heterocycles. The van der Waals surface area contributed by atoms with Gasteiger partial charge in [-0.15, -0.1) is 0 Å². The standard InChI is InChI=1S/C39H53N11O13/c1-19(2)10-27(37(60)49-28(13-33(55)56)38(61)50-29(39(62)63)12-22-15-41-18-45-22)48-36(59)26(8-9-32(53)54)47-31(52)17-43-34(57)20(3)46-30(51)16-44-35(58)24(40)11-21-14-42-25-7-5-4-6-23(21)25/h4-7,14-15,18-20,24,26-29,42H,8-13,16-17,40H2,1-3H3,(H,41,45)(H,43,57)(H,44,58)(H,46,51)(H,47,52)(H,48,59)(H,49,60)(H,50,61)(H,53,54)(H,55,56)(H,62,63)/t20-,24-,26-,27-,28-,29-/m0/s1. The molecule has 3 aromatic rings. The number of aromatic nitrogens is 3. The van der Waals surface area contributed by atoms with Crippen LogP contribution in [0.5, 0.6) is 0 Å². The molecule has 1 aromatic carbocycles. The monoisotopic (exact) mass is 883 g/mol. The molecule has 3 rings (SSSR count). The van der Waals surface area contributed by atoms with E-state index in [1.165, 1.54) is 19.4 Å². The minimum Gasteiger partial charge on any atom is -0.481 e. The molecule has 0 radical (unpaired) electrons. The molecule has 7 amide bonds. The zero-order valence-electron chi connectivity index (χ0n) is 34.7. The van der Waals surface area contributed by atoms with Gasteiger partial charge in [0.05, 0.1) is 31.9 Å². The van der Waals surface area contributed by atoms with Gasteiger partial charge in [-0.25, -0.2) is 9.78 Å². The van der Waals surface area contributed by atoms with Crippen LogP contribution in [0.25, 0.3) is 10.9 Å². The molecule has 0 unspecified atom stereocenters. The molecule has 6 atom stereocenters. The van der Waals surface area contributed by atoms with Crippen LogP contribution in [0.3, 0.4) is 0 Å². The van der Waals surface area contributed by atoms with Gasteiger partial charge < -0.3 is 68.2 Å². The van der Waals surface area contributed by atoms with Crippen LogP contribution in [0.4, 0.5) is 0 Å². The SMILES string of the molecule is CC(C)C[C@H](NC(=O)[C@H](CCC(=O)O)NC(=O)CNC(=O)[C@H](C)NC(=O)CNC(=O)[C@@H](N)Cc1c[nH]c2ccccc12)C(=O)N[C@@H](CC(=O)O)C(=O)N[C@@H](Cc1cnc[nH]1)C(=O)O. The van der Waals surface area contributed by atoms with Gasteiger partial charge >= 0.3 is 17.9 Å². The second kappa shape index (κ2) is 24.2. The highest BCUT2D eigenvalue weighted by molar-refractivity contribution is 5.97. The molecule has 2 heterocycles. The Morgan fingerprint density at radius 2 is 1.29 bits per heavy atom. The molecule has 24 heteroatoms. The Labute approximate surface area is 359 Å². The summed E-state index contributed by atoms with van der Waals surface area (Å²) in [5.74, 6) is -11.0. The van der Waals surface area contributed by atoms with Crippen molar-refractivity contribution in [3.8, 4) is 0 Å². The van der Waals surface area contributed by atoms with Crippen LogP contribution >= 0.6 is 0 Å². The van der Waals surface area contributed by atoms with Crippen LogP contribution in [0.15, 0.2) is 43.0 Å². The Kier molecular flexibility index (Phi) is 19.2. The first-order valence-electron chi connectivity index (χ1n) is 19.7. The third kappa shape index (κ3) is 16.9. The summed E-state index contributed by atoms with van der Waals surface area (Å²) in [6.07, 6.45) is 2.12. The molecular formula is C39H53N11O13. The van der Waals surface area contributed by atoms with E-state index in [0.29, 0.717) is 5.69 Å². The van der Waals surface area contributed by atoms with Crippen molar-refractivity contribution in [2.75, 3.05) is 13.1 Å². The van der Waals surface area contributed by atoms with Crippen molar-refractivity contribution in [2.45, 2.75) is 95.5 Å². The lowest BCUT2D eigenvalue weighted by atomic mass is 10.0. The van der Waals surface area contributed by atoms with E-state index >= 15 is 0 Å². The number of benzene rings is 1. The number of nitrogens with two attached hydrogens (primary N) is 1. The van der Waals surface area contributed by atoms with Gasteiger partial charge in [0.15, 0.2) is 0 Å². The van der Waals surface area contributed by atoms with Gasteiger partial charge in [-0.3, -0.25) is 43.2 Å². The predicted molar refractivity (Wildman–Crippen MR) is 220 cm³/mol. The number of aliphatic carboxylic acids is 3. The van der Waals surface area contributed by atoms with Gasteiger partial charge in [0.1, 0.15) is 30.2 Å². The molecule has 2 aromatic heterocycles. The number of rotatable bonds is 26. The lowest BCUT2D eigenvalue weighted by molar-refractivity contribution is -0.144. The number of hydrogen-bond donors (Lipinski definition) is 13. The van der Waals surface area contributed by atoms with Gasteiger partial charge in [-0.2, -0.15) is 0 Å². The quantitative estimate of drug-likeness (QED) is 0.0386. The second-order valence-electron chi connectivity index (χ2n) is 15.0. The summed E-state index contributed by atoms with van der Waals surface area (Å²) in [4.78, 5) is 135. The third-order valence-corrected chi connectivity index (χ3v) is 9.31. The number of imidazole rings is 1. The summed E-state index contributed by atoms with van der Waals surface area (Å²) in [5, 5.41) is 45.4. The largest absolute Gasteiger partial charge is 0.481 e. The fourth-order valence-electron chi connectivity index (χ4n) is 6.11. The average Bonchev–Trinajstić information content (AvgIpc) is 3.89. The lowest BCUT2D eigenvalue weighted by Crippen LogP contribution is -2.59. The Morgan fingerprint density at radius 1 is 0.683 bits per heavy atom. The van der Waals surface area contributed by atoms with Gasteiger partial charge in [0.25, 0.3) is 0 Å². The Bertz CT molecular complexity index is 2120. The smallest absolute Gasteiger partial charge is 0.326 e. The van der Waals surface area contributed by atoms with Crippen LogP contribution < -0.4 is 43.0 Å². The number of carboxylic acid groups (broad SMARTS) is 3. The number of para-hydroxylation sites is 1. The van der Waals surface area contributed by atoms with E-state index in [2.05, 4.69) is 52.2 Å². The highest BCUT2D eigenvalue weighted by Gasteiger charge is 2.33. The number of hydrogen-bond acceptors (Lipinski definition) is 12. The van der Waals surface area contributed by atoms with Crippen LogP contribution in [0, 0.1) is 5.92 Å². The molecule has 0 saturated carbocycles. The molecule has 0 aliphatic rings. The predicted octanol–water partition coefficient (Wildman–Crippen LogP) is -2.85. The molecule has 0 fully saturated rings. The number of carboxylic acids is 3. The summed E-state index contributed by atoms with van der Waals surface area (Å²) >= 11 is 0. The molecule has 342 valence electrons. The number of nitrogens with zero attached hydrogens (tertiary/aromatic N) is 1. The second-order valence-corrected chi connectivity index (χ2v) is 15.0. The zero-order valence-corrected chi connectivity index (χ0v) is 34.7. The van der Waals surface area contributed by atoms with Gasteiger partial charge in [-0.1, -0.05) is 32.0 Å². The molecule has 14 N–H and O–H groups in total. The first kappa shape index (κ1) is 50.0. The molecule has 63 heavy (non-hydrogen) atoms. The highest BCUT2D eigenvalue weighted by Crippen LogP contribution is 2.19. The van der Waals surface area contributed by atoms with Crippen molar-refractivity contribution in [1.82, 2.24) is 52.2 Å². The Morgan fingerprint density at radius 3 is 1.90 bits per heavy atom. The van der Waals surface area contributed by atoms with Crippen molar-refractivity contribution in [3.05, 3.63) is 54.2 Å². The average molecular weight is 884 g/mol. The van der Waals surface area contributed by atoms with E-state index in [1.54, 1.807) is 20.0 Å². The van der Waals surface area contributed by atoms with Gasteiger partial charge in [-0.05, 0) is 43.7 Å². The molecule has 24 nitrogen and oxygen atoms in total. The molecule has 0 saturated heterocycles. The van der Waals surface area contributed by atoms with E-state index < -0.39 is 128 Å². The number of nitrogens with one attached hydrogen (secondary N) is 9. The number of H-pyrrole nitrogens is 2. The maximum atomic E-state index is 13.5. The van der Waals surface area contributed by atoms with Crippen LogP contribution in [-0.4, -0.2) is 139 Å². The Hall–Kier alpha value is -7.37. The molecule has 0 spiro atoms. The van der Waals surface area contributed by atoms with Crippen molar-refractivity contribution >= 4 is 70.2 Å². The van der Waals surface area contributed by atoms with E-state index in [0.717, 1.165) is 16.5 Å². The van der Waals surface area contributed by atoms with E-state index in [9.17, 15) is 63.3 Å². The number of carbonyl (C=O) groups is 10. The normalized spacial score (nSPS) is 13.9. The van der Waals surface area contributed by atoms with Crippen molar-refractivity contribution in [1.29, 1.82) is 0 Å². The highest BCUT2D eigenvalue weighted by atomic mass is 16.4. The summed E-state index contributed by atoms with van der Waals surface area (Å²) in [5.41, 5.74) is 8.06. The minimum absolute atomic E-state index is 0.0860. The van der Waals surface area contributed by atoms with Gasteiger partial charge in [0, 0.05) is 41.8 Å². The fraction of sp³-hybridized carbons (Fsp3) is 0.462. The van der Waals surface area contributed by atoms with Crippen LogP contribution in [0.1, 0.15) is 57.7 Å². The summed E-state index contributed by atoms with van der Waals surface area (Å²) in [6, 6.07) is -1.13. The van der Waals surface area contributed by atoms with Crippen LogP contribution in [0.2, 0.25) is 0 Å². The first-order valence-corrected chi connectivity index (χ1v) is 19.7. The fourth-order valence-corrected chi connectivity index (χ4v) is 6.11. The topological polar surface area (TPSA) is 386 Å². The lowest BCUT2D eigenvalue weighted by Gasteiger charge is -2.26. The van der Waals surface area contributed by atoms with E-state index in [1.807, 2.05) is 24.3 Å². The van der Waals surface area contributed by atoms with E-state index in [4.69, 9.17) is 5.73 Å². The summed E-state index contributed by atoms with van der Waals surface area (Å²) in [7, 11) is 0. The number of amides is 7. The number of aromatic amines is 2. The summed E-state index contributed by atoms with van der Waals surface area (Å²) in [6.45, 7) is 3.40. The number of carbonyl (C=O) groups excluding carboxylic acids is 7. The third-order valence-electron chi connectivity index (χ3n) is 9.31.